The summed E-state index contributed by atoms with van der Waals surface area (Å²) in [6.45, 7) is -4.07. The van der Waals surface area contributed by atoms with Crippen molar-refractivity contribution < 1.29 is 60.3 Å². The molecule has 0 saturated carbocycles. The molecule has 0 heterocycles. The van der Waals surface area contributed by atoms with Crippen molar-refractivity contribution in [1.29, 1.82) is 0 Å². The molecule has 0 rings (SSSR count). The van der Waals surface area contributed by atoms with Gasteiger partial charge in [0.15, 0.2) is 0 Å². The summed E-state index contributed by atoms with van der Waals surface area (Å²) in [6, 6.07) is 0. The fourth-order valence-corrected chi connectivity index (χ4v) is 2.38. The maximum absolute atomic E-state index is 13.2. The van der Waals surface area contributed by atoms with E-state index in [1.54, 1.807) is 0 Å². The summed E-state index contributed by atoms with van der Waals surface area (Å²) in [5, 5.41) is -9.75. The van der Waals surface area contributed by atoms with Crippen molar-refractivity contribution in [2.45, 2.75) is 36.2 Å². The maximum Gasteiger partial charge on any atom is 0.439 e. The summed E-state index contributed by atoms with van der Waals surface area (Å²) < 4.78 is 150. The van der Waals surface area contributed by atoms with Gasteiger partial charge in [0.2, 0.25) is 0 Å². The molecule has 0 radical (unpaired) electrons. The van der Waals surface area contributed by atoms with E-state index in [0.29, 0.717) is 0 Å². The van der Waals surface area contributed by atoms with Crippen molar-refractivity contribution in [3.63, 3.8) is 0 Å². The lowest BCUT2D eigenvalue weighted by molar-refractivity contribution is -0.195. The van der Waals surface area contributed by atoms with Crippen LogP contribution in [0.1, 0.15) is 13.8 Å². The first-order valence-corrected chi connectivity index (χ1v) is 8.31. The molecule has 6 nitrogen and oxygen atoms in total. The summed E-state index contributed by atoms with van der Waals surface area (Å²) in [6.07, 6.45) is -11.8. The Kier molecular flexibility index (Phi) is 6.33. The third-order valence-corrected chi connectivity index (χ3v) is 5.81. The molecule has 16 heteroatoms. The molecule has 0 fully saturated rings. The number of hydrogen-bond acceptors (Lipinski definition) is 6. The Morgan fingerprint density at radius 1 is 0.625 bits per heavy atom. The SMILES string of the molecule is CC(F)(C(F)(F)F)S(=O)(=O)OCCOS(=O)(=O)C(C)(F)C(F)(F)F. The third kappa shape index (κ3) is 4.45. The van der Waals surface area contributed by atoms with Gasteiger partial charge in [0.25, 0.3) is 0 Å². The van der Waals surface area contributed by atoms with Crippen LogP contribution >= 0.6 is 0 Å². The Balaban J connectivity index is 4.94. The Hall–Kier alpha value is -0.740. The lowest BCUT2D eigenvalue weighted by atomic mass is 10.4. The Morgan fingerprint density at radius 3 is 1.00 bits per heavy atom. The monoisotopic (exact) mass is 418 g/mol. The lowest BCUT2D eigenvalue weighted by Crippen LogP contribution is -2.47. The minimum Gasteiger partial charge on any atom is -0.265 e. The molecule has 0 aliphatic rings. The molecule has 0 N–H and O–H groups in total. The van der Waals surface area contributed by atoms with Crippen molar-refractivity contribution in [1.82, 2.24) is 0 Å². The number of halogens is 8. The lowest BCUT2D eigenvalue weighted by Gasteiger charge is -2.24. The molecule has 0 aromatic heterocycles. The van der Waals surface area contributed by atoms with Crippen molar-refractivity contribution >= 4 is 20.2 Å². The molecule has 0 bridgehead atoms. The van der Waals surface area contributed by atoms with Crippen LogP contribution in [0.3, 0.4) is 0 Å². The van der Waals surface area contributed by atoms with E-state index in [-0.39, 0.29) is 0 Å². The van der Waals surface area contributed by atoms with Crippen molar-refractivity contribution in [3.8, 4) is 0 Å². The Morgan fingerprint density at radius 2 is 0.833 bits per heavy atom. The molecule has 2 atom stereocenters. The fraction of sp³-hybridized carbons (Fsp3) is 1.00. The zero-order chi connectivity index (χ0) is 19.8. The third-order valence-electron chi connectivity index (χ3n) is 2.51. The smallest absolute Gasteiger partial charge is 0.265 e. The molecule has 0 aliphatic heterocycles. The van der Waals surface area contributed by atoms with Gasteiger partial charge in [-0.1, -0.05) is 0 Å². The Labute approximate surface area is 131 Å². The zero-order valence-electron chi connectivity index (χ0n) is 11.7. The number of alkyl halides is 8. The van der Waals surface area contributed by atoms with Gasteiger partial charge >= 0.3 is 42.6 Å². The first-order chi connectivity index (χ1) is 10.2. The van der Waals surface area contributed by atoms with Gasteiger partial charge < -0.3 is 0 Å². The Bertz CT molecular complexity index is 587. The van der Waals surface area contributed by atoms with Gasteiger partial charge in [0.05, 0.1) is 13.2 Å². The largest absolute Gasteiger partial charge is 0.439 e. The molecule has 0 aliphatic carbocycles. The van der Waals surface area contributed by atoms with Gasteiger partial charge in [-0.05, 0) is 13.8 Å². The van der Waals surface area contributed by atoms with Crippen LogP contribution in [-0.2, 0) is 28.6 Å². The predicted molar refractivity (Wildman–Crippen MR) is 60.9 cm³/mol. The molecule has 0 amide bonds. The standard InChI is InChI=1S/C8H10F8O6S2/c1-5(9,7(11,12)13)23(17,18)21-3-4-22-24(19,20)6(2,10)8(14,15)16/h3-4H2,1-2H3. The quantitative estimate of drug-likeness (QED) is 0.358. The van der Waals surface area contributed by atoms with Gasteiger partial charge in [-0.2, -0.15) is 43.2 Å². The number of hydrogen-bond donors (Lipinski definition) is 0. The second-order valence-electron chi connectivity index (χ2n) is 4.38. The van der Waals surface area contributed by atoms with Gasteiger partial charge in [0.1, 0.15) is 0 Å². The first-order valence-electron chi connectivity index (χ1n) is 5.50. The highest BCUT2D eigenvalue weighted by Gasteiger charge is 2.64. The molecule has 146 valence electrons. The molecule has 0 saturated heterocycles. The van der Waals surface area contributed by atoms with Crippen LogP contribution in [-0.4, -0.2) is 52.4 Å². The highest BCUT2D eigenvalue weighted by atomic mass is 32.2. The molecule has 0 aromatic rings. The van der Waals surface area contributed by atoms with E-state index in [9.17, 15) is 52.0 Å². The van der Waals surface area contributed by atoms with Crippen LogP contribution < -0.4 is 0 Å². The highest BCUT2D eigenvalue weighted by Crippen LogP contribution is 2.40. The van der Waals surface area contributed by atoms with E-state index >= 15 is 0 Å². The predicted octanol–water partition coefficient (Wildman–Crippen LogP) is 2.18. The van der Waals surface area contributed by atoms with E-state index in [0.717, 1.165) is 0 Å². The minimum atomic E-state index is -5.98. The van der Waals surface area contributed by atoms with Crippen molar-refractivity contribution in [2.75, 3.05) is 13.2 Å². The van der Waals surface area contributed by atoms with Crippen LogP contribution in [0.2, 0.25) is 0 Å². The van der Waals surface area contributed by atoms with E-state index in [4.69, 9.17) is 0 Å². The molecule has 24 heavy (non-hydrogen) atoms. The van der Waals surface area contributed by atoms with Crippen molar-refractivity contribution in [2.24, 2.45) is 0 Å². The van der Waals surface area contributed by atoms with Crippen LogP contribution in [0.4, 0.5) is 35.1 Å². The van der Waals surface area contributed by atoms with Crippen LogP contribution in [0.15, 0.2) is 0 Å². The van der Waals surface area contributed by atoms with E-state index in [1.807, 2.05) is 0 Å². The van der Waals surface area contributed by atoms with E-state index in [2.05, 4.69) is 8.37 Å². The van der Waals surface area contributed by atoms with Gasteiger partial charge in [0, 0.05) is 0 Å². The van der Waals surface area contributed by atoms with Crippen molar-refractivity contribution in [3.05, 3.63) is 0 Å². The summed E-state index contributed by atoms with van der Waals surface area (Å²) in [4.78, 5) is 0. The normalized spacial score (nSPS) is 19.6. The second-order valence-corrected chi connectivity index (χ2v) is 8.20. The van der Waals surface area contributed by atoms with Gasteiger partial charge in [-0.15, -0.1) is 0 Å². The second kappa shape index (κ2) is 6.53. The highest BCUT2D eigenvalue weighted by molar-refractivity contribution is 7.88. The summed E-state index contributed by atoms with van der Waals surface area (Å²) in [7, 11) is -12.0. The summed E-state index contributed by atoms with van der Waals surface area (Å²) in [5.74, 6) is 0. The molecular weight excluding hydrogens is 408 g/mol. The van der Waals surface area contributed by atoms with Crippen LogP contribution in [0, 0.1) is 0 Å². The molecular formula is C8H10F8O6S2. The van der Waals surface area contributed by atoms with E-state index in [1.165, 1.54) is 0 Å². The average Bonchev–Trinajstić information content (AvgIpc) is 2.31. The average molecular weight is 418 g/mol. The molecule has 0 spiro atoms. The zero-order valence-corrected chi connectivity index (χ0v) is 13.3. The molecule has 2 unspecified atom stereocenters. The van der Waals surface area contributed by atoms with E-state index < -0.39 is 69.7 Å². The summed E-state index contributed by atoms with van der Waals surface area (Å²) >= 11 is 0. The first kappa shape index (κ1) is 23.3. The van der Waals surface area contributed by atoms with Gasteiger partial charge in [-0.25, -0.2) is 8.78 Å². The fourth-order valence-electron chi connectivity index (χ4n) is 0.792. The van der Waals surface area contributed by atoms with Gasteiger partial charge in [-0.3, -0.25) is 8.37 Å². The minimum absolute atomic E-state index is 0.414. The van der Waals surface area contributed by atoms with Crippen LogP contribution in [0.5, 0.6) is 0 Å². The van der Waals surface area contributed by atoms with Crippen LogP contribution in [0.25, 0.3) is 0 Å². The molecule has 0 aromatic carbocycles. The maximum atomic E-state index is 13.2. The summed E-state index contributed by atoms with van der Waals surface area (Å²) in [5.41, 5.74) is 0. The number of rotatable bonds is 7. The topological polar surface area (TPSA) is 86.7 Å².